The average Bonchev–Trinajstić information content (AvgIpc) is 2.80. The van der Waals surface area contributed by atoms with Gasteiger partial charge in [0.05, 0.1) is 29.1 Å². The third-order valence-electron chi connectivity index (χ3n) is 5.40. The SMILES string of the molecule is CN(C)[C@H](CNC(=O)C[C@H](NC(=O)c1ccccc1Cl)c1ccccc1)c1ccccc1Cl. The van der Waals surface area contributed by atoms with Crippen LogP contribution < -0.4 is 10.6 Å². The van der Waals surface area contributed by atoms with Crippen molar-refractivity contribution in [3.63, 3.8) is 0 Å². The van der Waals surface area contributed by atoms with Crippen LogP contribution in [0.1, 0.15) is 40.0 Å². The van der Waals surface area contributed by atoms with Crippen LogP contribution >= 0.6 is 23.2 Å². The van der Waals surface area contributed by atoms with Gasteiger partial charge in [-0.25, -0.2) is 0 Å². The maximum atomic E-state index is 12.9. The Kier molecular flexibility index (Phi) is 8.89. The number of benzene rings is 3. The van der Waals surface area contributed by atoms with Crippen molar-refractivity contribution < 1.29 is 9.59 Å². The van der Waals surface area contributed by atoms with Crippen molar-refractivity contribution in [1.29, 1.82) is 0 Å². The van der Waals surface area contributed by atoms with Crippen molar-refractivity contribution in [2.75, 3.05) is 20.6 Å². The van der Waals surface area contributed by atoms with E-state index in [0.29, 0.717) is 22.2 Å². The maximum absolute atomic E-state index is 12.9. The Balaban J connectivity index is 1.72. The summed E-state index contributed by atoms with van der Waals surface area (Å²) in [5, 5.41) is 6.97. The molecule has 0 unspecified atom stereocenters. The van der Waals surface area contributed by atoms with Gasteiger partial charge in [-0.3, -0.25) is 9.59 Å². The molecule has 172 valence electrons. The van der Waals surface area contributed by atoms with Gasteiger partial charge in [0.1, 0.15) is 0 Å². The zero-order chi connectivity index (χ0) is 23.8. The first-order chi connectivity index (χ1) is 15.9. The first-order valence-electron chi connectivity index (χ1n) is 10.6. The lowest BCUT2D eigenvalue weighted by atomic mass is 10.0. The minimum absolute atomic E-state index is 0.0862. The molecule has 0 heterocycles. The Morgan fingerprint density at radius 2 is 1.45 bits per heavy atom. The standard InChI is InChI=1S/C26H27Cl2N3O2/c1-31(2)24(19-12-6-8-14-21(19)27)17-29-25(32)16-23(18-10-4-3-5-11-18)30-26(33)20-13-7-9-15-22(20)28/h3-15,23-24H,16-17H2,1-2H3,(H,29,32)(H,30,33)/t23-,24+/m0/s1. The molecule has 0 radical (unpaired) electrons. The number of carbonyl (C=O) groups excluding carboxylic acids is 2. The Hall–Kier alpha value is -2.86. The normalized spacial score (nSPS) is 12.8. The second-order valence-corrected chi connectivity index (χ2v) is 8.74. The zero-order valence-corrected chi connectivity index (χ0v) is 20.1. The second kappa shape index (κ2) is 11.8. The number of carbonyl (C=O) groups is 2. The molecule has 0 bridgehead atoms. The van der Waals surface area contributed by atoms with E-state index in [4.69, 9.17) is 23.2 Å². The molecule has 2 amide bonds. The van der Waals surface area contributed by atoms with E-state index >= 15 is 0 Å². The summed E-state index contributed by atoms with van der Waals surface area (Å²) in [5.74, 6) is -0.508. The van der Waals surface area contributed by atoms with Crippen LogP contribution in [-0.4, -0.2) is 37.4 Å². The van der Waals surface area contributed by atoms with Crippen LogP contribution in [0.4, 0.5) is 0 Å². The summed E-state index contributed by atoms with van der Waals surface area (Å²) in [6, 6.07) is 23.3. The third-order valence-corrected chi connectivity index (χ3v) is 6.07. The quantitative estimate of drug-likeness (QED) is 0.435. The van der Waals surface area contributed by atoms with Crippen LogP contribution in [0.2, 0.25) is 10.0 Å². The highest BCUT2D eigenvalue weighted by molar-refractivity contribution is 6.33. The third kappa shape index (κ3) is 6.81. The molecular weight excluding hydrogens is 457 g/mol. The first-order valence-corrected chi connectivity index (χ1v) is 11.4. The minimum Gasteiger partial charge on any atom is -0.354 e. The molecule has 0 saturated heterocycles. The summed E-state index contributed by atoms with van der Waals surface area (Å²) in [6.45, 7) is 0.384. The van der Waals surface area contributed by atoms with Gasteiger partial charge in [-0.15, -0.1) is 0 Å². The van der Waals surface area contributed by atoms with E-state index in [0.717, 1.165) is 11.1 Å². The molecule has 0 aromatic heterocycles. The molecule has 3 aromatic carbocycles. The lowest BCUT2D eigenvalue weighted by molar-refractivity contribution is -0.121. The predicted molar refractivity (Wildman–Crippen MR) is 134 cm³/mol. The Labute approximate surface area is 204 Å². The molecule has 3 rings (SSSR count). The summed E-state index contributed by atoms with van der Waals surface area (Å²) >= 11 is 12.6. The molecule has 2 atom stereocenters. The highest BCUT2D eigenvalue weighted by atomic mass is 35.5. The van der Waals surface area contributed by atoms with Crippen molar-refractivity contribution >= 4 is 35.0 Å². The summed E-state index contributed by atoms with van der Waals surface area (Å²) in [4.78, 5) is 27.8. The van der Waals surface area contributed by atoms with Crippen molar-refractivity contribution in [3.8, 4) is 0 Å². The fourth-order valence-corrected chi connectivity index (χ4v) is 4.09. The summed E-state index contributed by atoms with van der Waals surface area (Å²) in [7, 11) is 3.88. The van der Waals surface area contributed by atoms with E-state index in [1.807, 2.05) is 73.6 Å². The summed E-state index contributed by atoms with van der Waals surface area (Å²) < 4.78 is 0. The predicted octanol–water partition coefficient (Wildman–Crippen LogP) is 5.27. The number of nitrogens with zero attached hydrogens (tertiary/aromatic N) is 1. The molecule has 0 saturated carbocycles. The number of rotatable bonds is 9. The lowest BCUT2D eigenvalue weighted by Gasteiger charge is -2.26. The van der Waals surface area contributed by atoms with Crippen LogP contribution in [0.25, 0.3) is 0 Å². The number of hydrogen-bond donors (Lipinski definition) is 2. The minimum atomic E-state index is -0.506. The van der Waals surface area contributed by atoms with Gasteiger partial charge >= 0.3 is 0 Å². The first kappa shape index (κ1) is 24.8. The fraction of sp³-hybridized carbons (Fsp3) is 0.231. The molecule has 0 spiro atoms. The van der Waals surface area contributed by atoms with Crippen molar-refractivity contribution in [2.45, 2.75) is 18.5 Å². The largest absolute Gasteiger partial charge is 0.354 e. The van der Waals surface area contributed by atoms with Crippen molar-refractivity contribution in [1.82, 2.24) is 15.5 Å². The molecule has 3 aromatic rings. The Morgan fingerprint density at radius 1 is 0.848 bits per heavy atom. The highest BCUT2D eigenvalue weighted by Gasteiger charge is 2.22. The van der Waals surface area contributed by atoms with E-state index < -0.39 is 6.04 Å². The summed E-state index contributed by atoms with van der Waals surface area (Å²) in [5.41, 5.74) is 2.14. The number of halogens is 2. The van der Waals surface area contributed by atoms with Gasteiger partial charge < -0.3 is 15.5 Å². The van der Waals surface area contributed by atoms with E-state index in [9.17, 15) is 9.59 Å². The van der Waals surface area contributed by atoms with Crippen molar-refractivity contribution in [2.24, 2.45) is 0 Å². The van der Waals surface area contributed by atoms with E-state index in [-0.39, 0.29) is 24.3 Å². The van der Waals surface area contributed by atoms with Gasteiger partial charge in [-0.05, 0) is 43.4 Å². The molecule has 0 aliphatic carbocycles. The van der Waals surface area contributed by atoms with Gasteiger partial charge in [-0.1, -0.05) is 83.9 Å². The molecule has 0 aliphatic rings. The fourth-order valence-electron chi connectivity index (χ4n) is 3.60. The summed E-state index contributed by atoms with van der Waals surface area (Å²) in [6.07, 6.45) is 0.0862. The second-order valence-electron chi connectivity index (χ2n) is 7.93. The van der Waals surface area contributed by atoms with Crippen molar-refractivity contribution in [3.05, 3.63) is 106 Å². The number of amides is 2. The van der Waals surface area contributed by atoms with E-state index in [2.05, 4.69) is 10.6 Å². The molecule has 7 heteroatoms. The van der Waals surface area contributed by atoms with Gasteiger partial charge in [0.15, 0.2) is 0 Å². The van der Waals surface area contributed by atoms with Gasteiger partial charge in [-0.2, -0.15) is 0 Å². The highest BCUT2D eigenvalue weighted by Crippen LogP contribution is 2.26. The maximum Gasteiger partial charge on any atom is 0.253 e. The van der Waals surface area contributed by atoms with Crippen LogP contribution in [0.3, 0.4) is 0 Å². The molecule has 33 heavy (non-hydrogen) atoms. The van der Waals surface area contributed by atoms with E-state index in [1.54, 1.807) is 24.3 Å². The topological polar surface area (TPSA) is 61.4 Å². The van der Waals surface area contributed by atoms with Gasteiger partial charge in [0, 0.05) is 11.6 Å². The number of hydrogen-bond acceptors (Lipinski definition) is 3. The lowest BCUT2D eigenvalue weighted by Crippen LogP contribution is -2.37. The van der Waals surface area contributed by atoms with Crippen LogP contribution in [0.5, 0.6) is 0 Å². The molecule has 0 aliphatic heterocycles. The number of likely N-dealkylation sites (N-methyl/N-ethyl adjacent to an activating group) is 1. The Bertz CT molecular complexity index is 1090. The van der Waals surface area contributed by atoms with Gasteiger partial charge in [0.2, 0.25) is 5.91 Å². The molecule has 0 fully saturated rings. The molecule has 2 N–H and O–H groups in total. The van der Waals surface area contributed by atoms with Crippen LogP contribution in [0.15, 0.2) is 78.9 Å². The van der Waals surface area contributed by atoms with E-state index in [1.165, 1.54) is 0 Å². The Morgan fingerprint density at radius 3 is 2.09 bits per heavy atom. The molecular formula is C26H27Cl2N3O2. The van der Waals surface area contributed by atoms with Crippen LogP contribution in [-0.2, 0) is 4.79 Å². The molecule has 5 nitrogen and oxygen atoms in total. The zero-order valence-electron chi connectivity index (χ0n) is 18.6. The smallest absolute Gasteiger partial charge is 0.253 e. The van der Waals surface area contributed by atoms with Gasteiger partial charge in [0.25, 0.3) is 5.91 Å². The number of nitrogens with one attached hydrogen (secondary N) is 2. The average molecular weight is 484 g/mol. The monoisotopic (exact) mass is 483 g/mol. The van der Waals surface area contributed by atoms with Crippen LogP contribution in [0, 0.1) is 0 Å².